The number of rotatable bonds is 6. The zero-order valence-electron chi connectivity index (χ0n) is 11.9. The lowest BCUT2D eigenvalue weighted by Crippen LogP contribution is -2.44. The fourth-order valence-corrected chi connectivity index (χ4v) is 2.89. The van der Waals surface area contributed by atoms with Crippen molar-refractivity contribution in [3.8, 4) is 5.75 Å². The van der Waals surface area contributed by atoms with Gasteiger partial charge in [-0.3, -0.25) is 0 Å². The Morgan fingerprint density at radius 3 is 2.67 bits per heavy atom. The minimum absolute atomic E-state index is 0.312. The van der Waals surface area contributed by atoms with E-state index in [-0.39, 0.29) is 0 Å². The van der Waals surface area contributed by atoms with E-state index in [1.54, 1.807) is 7.11 Å². The van der Waals surface area contributed by atoms with Crippen LogP contribution in [0.25, 0.3) is 0 Å². The summed E-state index contributed by atoms with van der Waals surface area (Å²) in [6.07, 6.45) is 5.10. The Balaban J connectivity index is 2.23. The van der Waals surface area contributed by atoms with Crippen molar-refractivity contribution in [3.05, 3.63) is 29.3 Å². The SMILES string of the molecule is CCCNCC1(c2cc(C)ccc2OC)CCC1. The van der Waals surface area contributed by atoms with Crippen LogP contribution in [-0.2, 0) is 5.41 Å². The highest BCUT2D eigenvalue weighted by molar-refractivity contribution is 5.44. The molecule has 0 bridgehead atoms. The van der Waals surface area contributed by atoms with Gasteiger partial charge in [0.2, 0.25) is 0 Å². The predicted octanol–water partition coefficient (Wildman–Crippen LogP) is 3.42. The van der Waals surface area contributed by atoms with Crippen LogP contribution in [0.3, 0.4) is 0 Å². The number of hydrogen-bond acceptors (Lipinski definition) is 2. The Morgan fingerprint density at radius 2 is 2.11 bits per heavy atom. The van der Waals surface area contributed by atoms with Crippen LogP contribution in [0.5, 0.6) is 5.75 Å². The van der Waals surface area contributed by atoms with Crippen LogP contribution in [0.4, 0.5) is 0 Å². The third-order valence-electron chi connectivity index (χ3n) is 4.13. The summed E-state index contributed by atoms with van der Waals surface area (Å²) in [5, 5.41) is 3.59. The smallest absolute Gasteiger partial charge is 0.122 e. The Bertz CT molecular complexity index is 396. The van der Waals surface area contributed by atoms with Crippen molar-refractivity contribution < 1.29 is 4.74 Å². The lowest BCUT2D eigenvalue weighted by atomic mass is 9.64. The molecule has 2 rings (SSSR count). The van der Waals surface area contributed by atoms with E-state index in [9.17, 15) is 0 Å². The van der Waals surface area contributed by atoms with E-state index >= 15 is 0 Å². The summed E-state index contributed by atoms with van der Waals surface area (Å²) in [6, 6.07) is 6.56. The van der Waals surface area contributed by atoms with E-state index in [0.717, 1.165) is 18.8 Å². The zero-order chi connectivity index (χ0) is 13.0. The molecule has 18 heavy (non-hydrogen) atoms. The number of aryl methyl sites for hydroxylation is 1. The fourth-order valence-electron chi connectivity index (χ4n) is 2.89. The lowest BCUT2D eigenvalue weighted by Gasteiger charge is -2.43. The molecule has 0 spiro atoms. The lowest BCUT2D eigenvalue weighted by molar-refractivity contribution is 0.226. The average molecular weight is 247 g/mol. The van der Waals surface area contributed by atoms with Crippen molar-refractivity contribution in [3.63, 3.8) is 0 Å². The standard InChI is InChI=1S/C16H25NO/c1-4-10-17-12-16(8-5-9-16)14-11-13(2)6-7-15(14)18-3/h6-7,11,17H,4-5,8-10,12H2,1-3H3. The second kappa shape index (κ2) is 5.75. The normalized spacial score (nSPS) is 17.3. The summed E-state index contributed by atoms with van der Waals surface area (Å²) in [7, 11) is 1.78. The molecule has 1 aliphatic rings. The minimum atomic E-state index is 0.312. The maximum Gasteiger partial charge on any atom is 0.122 e. The molecule has 100 valence electrons. The monoisotopic (exact) mass is 247 g/mol. The number of benzene rings is 1. The quantitative estimate of drug-likeness (QED) is 0.778. The van der Waals surface area contributed by atoms with E-state index in [4.69, 9.17) is 4.74 Å². The highest BCUT2D eigenvalue weighted by atomic mass is 16.5. The maximum atomic E-state index is 5.56. The van der Waals surface area contributed by atoms with E-state index in [2.05, 4.69) is 37.4 Å². The second-order valence-electron chi connectivity index (χ2n) is 5.51. The summed E-state index contributed by atoms with van der Waals surface area (Å²) in [6.45, 7) is 6.57. The Hall–Kier alpha value is -1.02. The molecule has 1 aromatic rings. The van der Waals surface area contributed by atoms with E-state index in [0.29, 0.717) is 5.41 Å². The van der Waals surface area contributed by atoms with E-state index in [1.165, 1.54) is 36.8 Å². The molecule has 0 amide bonds. The number of hydrogen-bond donors (Lipinski definition) is 1. The Labute approximate surface area is 111 Å². The molecule has 1 fully saturated rings. The summed E-state index contributed by atoms with van der Waals surface area (Å²) >= 11 is 0. The number of methoxy groups -OCH3 is 1. The van der Waals surface area contributed by atoms with Gasteiger partial charge in [0.15, 0.2) is 0 Å². The summed E-state index contributed by atoms with van der Waals surface area (Å²) in [5.74, 6) is 1.05. The molecule has 2 heteroatoms. The Morgan fingerprint density at radius 1 is 1.33 bits per heavy atom. The summed E-state index contributed by atoms with van der Waals surface area (Å²) < 4.78 is 5.56. The minimum Gasteiger partial charge on any atom is -0.496 e. The first kappa shape index (κ1) is 13.4. The van der Waals surface area contributed by atoms with Crippen LogP contribution in [0.2, 0.25) is 0 Å². The molecule has 2 nitrogen and oxygen atoms in total. The molecule has 0 aliphatic heterocycles. The Kier molecular flexibility index (Phi) is 4.28. The number of nitrogens with one attached hydrogen (secondary N) is 1. The first-order valence-corrected chi connectivity index (χ1v) is 7.08. The van der Waals surface area contributed by atoms with Gasteiger partial charge in [-0.2, -0.15) is 0 Å². The van der Waals surface area contributed by atoms with E-state index in [1.807, 2.05) is 0 Å². The summed E-state index contributed by atoms with van der Waals surface area (Å²) in [4.78, 5) is 0. The van der Waals surface area contributed by atoms with Gasteiger partial charge in [0.1, 0.15) is 5.75 Å². The first-order valence-electron chi connectivity index (χ1n) is 7.08. The molecular formula is C16H25NO. The van der Waals surface area contributed by atoms with Gasteiger partial charge in [-0.05, 0) is 38.8 Å². The molecule has 0 unspecified atom stereocenters. The molecule has 0 saturated heterocycles. The van der Waals surface area contributed by atoms with Crippen LogP contribution in [0.1, 0.15) is 43.7 Å². The molecular weight excluding hydrogens is 222 g/mol. The van der Waals surface area contributed by atoms with Crippen molar-refractivity contribution in [2.75, 3.05) is 20.2 Å². The molecule has 0 aromatic heterocycles. The third kappa shape index (κ3) is 2.54. The fraction of sp³-hybridized carbons (Fsp3) is 0.625. The molecule has 1 aliphatic carbocycles. The van der Waals surface area contributed by atoms with Crippen molar-refractivity contribution in [2.45, 2.75) is 44.9 Å². The van der Waals surface area contributed by atoms with Crippen LogP contribution in [-0.4, -0.2) is 20.2 Å². The van der Waals surface area contributed by atoms with Crippen LogP contribution >= 0.6 is 0 Å². The van der Waals surface area contributed by atoms with Crippen molar-refractivity contribution in [2.24, 2.45) is 0 Å². The van der Waals surface area contributed by atoms with Crippen molar-refractivity contribution in [1.29, 1.82) is 0 Å². The number of ether oxygens (including phenoxy) is 1. The molecule has 0 radical (unpaired) electrons. The van der Waals surface area contributed by atoms with Crippen molar-refractivity contribution in [1.82, 2.24) is 5.32 Å². The van der Waals surface area contributed by atoms with Gasteiger partial charge < -0.3 is 10.1 Å². The van der Waals surface area contributed by atoms with Gasteiger partial charge in [-0.15, -0.1) is 0 Å². The maximum absolute atomic E-state index is 5.56. The predicted molar refractivity (Wildman–Crippen MR) is 76.4 cm³/mol. The van der Waals surface area contributed by atoms with Crippen molar-refractivity contribution >= 4 is 0 Å². The second-order valence-corrected chi connectivity index (χ2v) is 5.51. The van der Waals surface area contributed by atoms with Gasteiger partial charge >= 0.3 is 0 Å². The molecule has 0 heterocycles. The molecule has 0 atom stereocenters. The van der Waals surface area contributed by atoms with Gasteiger partial charge in [0, 0.05) is 17.5 Å². The zero-order valence-corrected chi connectivity index (χ0v) is 11.9. The highest BCUT2D eigenvalue weighted by Crippen LogP contribution is 2.46. The van der Waals surface area contributed by atoms with Crippen LogP contribution in [0.15, 0.2) is 18.2 Å². The van der Waals surface area contributed by atoms with Gasteiger partial charge in [0.05, 0.1) is 7.11 Å². The van der Waals surface area contributed by atoms with E-state index < -0.39 is 0 Å². The van der Waals surface area contributed by atoms with Gasteiger partial charge in [-0.25, -0.2) is 0 Å². The largest absolute Gasteiger partial charge is 0.496 e. The van der Waals surface area contributed by atoms with Gasteiger partial charge in [0.25, 0.3) is 0 Å². The third-order valence-corrected chi connectivity index (χ3v) is 4.13. The molecule has 1 aromatic carbocycles. The molecule has 1 N–H and O–H groups in total. The summed E-state index contributed by atoms with van der Waals surface area (Å²) in [5.41, 5.74) is 3.04. The van der Waals surface area contributed by atoms with Crippen LogP contribution in [0, 0.1) is 6.92 Å². The van der Waals surface area contributed by atoms with Gasteiger partial charge in [-0.1, -0.05) is 31.0 Å². The average Bonchev–Trinajstić information content (AvgIpc) is 2.33. The highest BCUT2D eigenvalue weighted by Gasteiger charge is 2.40. The topological polar surface area (TPSA) is 21.3 Å². The molecule has 1 saturated carbocycles. The van der Waals surface area contributed by atoms with Crippen LogP contribution < -0.4 is 10.1 Å². The first-order chi connectivity index (χ1) is 8.72.